The summed E-state index contributed by atoms with van der Waals surface area (Å²) in [5, 5.41) is 13.1. The van der Waals surface area contributed by atoms with Gasteiger partial charge in [-0.05, 0) is 37.9 Å². The summed E-state index contributed by atoms with van der Waals surface area (Å²) in [6, 6.07) is 3.49. The second-order valence-corrected chi connectivity index (χ2v) is 5.79. The first-order valence-electron chi connectivity index (χ1n) is 7.04. The number of benzene rings is 1. The molecule has 1 heterocycles. The highest BCUT2D eigenvalue weighted by molar-refractivity contribution is 6.31. The minimum absolute atomic E-state index is 0.121. The number of anilines is 1. The van der Waals surface area contributed by atoms with Crippen molar-refractivity contribution < 1.29 is 14.6 Å². The summed E-state index contributed by atoms with van der Waals surface area (Å²) in [5.41, 5.74) is 1.49. The first-order chi connectivity index (χ1) is 9.99. The Bertz CT molecular complexity index is 522. The number of piperidine rings is 1. The molecule has 1 fully saturated rings. The van der Waals surface area contributed by atoms with E-state index in [2.05, 4.69) is 5.32 Å². The second-order valence-electron chi connectivity index (χ2n) is 5.38. The molecule has 6 heteroatoms. The molecular formula is C15H21ClN2O3. The van der Waals surface area contributed by atoms with Crippen molar-refractivity contribution in [3.05, 3.63) is 22.7 Å². The number of carbonyl (C=O) groups is 1. The van der Waals surface area contributed by atoms with E-state index in [9.17, 15) is 9.90 Å². The van der Waals surface area contributed by atoms with Gasteiger partial charge in [-0.15, -0.1) is 0 Å². The normalized spacial score (nSPS) is 19.3. The molecule has 0 aliphatic carbocycles. The number of aryl methyl sites for hydroxylation is 1. The van der Waals surface area contributed by atoms with Crippen molar-refractivity contribution in [2.45, 2.75) is 25.9 Å². The van der Waals surface area contributed by atoms with Crippen LogP contribution in [0.25, 0.3) is 0 Å². The Kier molecular flexibility index (Phi) is 5.45. The molecule has 0 bridgehead atoms. The molecule has 21 heavy (non-hydrogen) atoms. The highest BCUT2D eigenvalue weighted by Crippen LogP contribution is 2.30. The van der Waals surface area contributed by atoms with Crippen molar-refractivity contribution in [2.24, 2.45) is 0 Å². The van der Waals surface area contributed by atoms with Gasteiger partial charge in [0.2, 0.25) is 5.91 Å². The van der Waals surface area contributed by atoms with Crippen molar-refractivity contribution in [1.82, 2.24) is 4.90 Å². The average molecular weight is 313 g/mol. The van der Waals surface area contributed by atoms with Crippen molar-refractivity contribution >= 4 is 23.2 Å². The molecule has 1 saturated heterocycles. The van der Waals surface area contributed by atoms with Gasteiger partial charge in [0.05, 0.1) is 25.4 Å². The first kappa shape index (κ1) is 16.1. The van der Waals surface area contributed by atoms with Crippen LogP contribution in [0.5, 0.6) is 5.75 Å². The molecule has 1 atom stereocenters. The van der Waals surface area contributed by atoms with Crippen molar-refractivity contribution in [3.8, 4) is 5.75 Å². The number of halogens is 1. The Hall–Kier alpha value is -1.30. The van der Waals surface area contributed by atoms with Crippen LogP contribution < -0.4 is 10.1 Å². The minimum Gasteiger partial charge on any atom is -0.495 e. The molecule has 1 amide bonds. The summed E-state index contributed by atoms with van der Waals surface area (Å²) in [4.78, 5) is 14.1. The van der Waals surface area contributed by atoms with Gasteiger partial charge in [0.15, 0.2) is 0 Å². The maximum atomic E-state index is 12.1. The standard InChI is InChI=1S/C15H21ClN2O3/c1-10-6-13(14(21-2)7-12(10)16)17-15(20)9-18-5-3-4-11(19)8-18/h6-7,11,19H,3-5,8-9H2,1-2H3,(H,17,20)/t11-/m1/s1. The van der Waals surface area contributed by atoms with E-state index in [1.807, 2.05) is 11.8 Å². The monoisotopic (exact) mass is 312 g/mol. The molecule has 116 valence electrons. The second kappa shape index (κ2) is 7.11. The van der Waals surface area contributed by atoms with Gasteiger partial charge in [-0.2, -0.15) is 0 Å². The van der Waals surface area contributed by atoms with Gasteiger partial charge in [-0.3, -0.25) is 9.69 Å². The van der Waals surface area contributed by atoms with Gasteiger partial charge in [-0.1, -0.05) is 11.6 Å². The molecule has 0 saturated carbocycles. The highest BCUT2D eigenvalue weighted by atomic mass is 35.5. The van der Waals surface area contributed by atoms with Crippen LogP contribution in [0.4, 0.5) is 5.69 Å². The van der Waals surface area contributed by atoms with Gasteiger partial charge in [-0.25, -0.2) is 0 Å². The maximum Gasteiger partial charge on any atom is 0.238 e. The predicted octanol–water partition coefficient (Wildman–Crippen LogP) is 2.05. The molecule has 0 unspecified atom stereocenters. The molecule has 1 aromatic rings. The van der Waals surface area contributed by atoms with Crippen LogP contribution in [0, 0.1) is 6.92 Å². The zero-order valence-electron chi connectivity index (χ0n) is 12.4. The van der Waals surface area contributed by atoms with E-state index in [0.717, 1.165) is 24.9 Å². The van der Waals surface area contributed by atoms with Crippen LogP contribution in [-0.4, -0.2) is 48.8 Å². The molecular weight excluding hydrogens is 292 g/mol. The fourth-order valence-electron chi connectivity index (χ4n) is 2.50. The van der Waals surface area contributed by atoms with Gasteiger partial charge < -0.3 is 15.2 Å². The Morgan fingerprint density at radius 2 is 2.33 bits per heavy atom. The van der Waals surface area contributed by atoms with E-state index in [1.165, 1.54) is 7.11 Å². The molecule has 0 aromatic heterocycles. The van der Waals surface area contributed by atoms with E-state index in [1.54, 1.807) is 12.1 Å². The van der Waals surface area contributed by atoms with Gasteiger partial charge >= 0.3 is 0 Å². The molecule has 2 rings (SSSR count). The van der Waals surface area contributed by atoms with Crippen LogP contribution >= 0.6 is 11.6 Å². The third-order valence-electron chi connectivity index (χ3n) is 3.60. The lowest BCUT2D eigenvalue weighted by Gasteiger charge is -2.29. The predicted molar refractivity (Wildman–Crippen MR) is 83.1 cm³/mol. The van der Waals surface area contributed by atoms with E-state index in [-0.39, 0.29) is 18.6 Å². The van der Waals surface area contributed by atoms with Gasteiger partial charge in [0, 0.05) is 17.6 Å². The number of hydrogen-bond acceptors (Lipinski definition) is 4. The minimum atomic E-state index is -0.334. The molecule has 1 aliphatic rings. The quantitative estimate of drug-likeness (QED) is 0.893. The fraction of sp³-hybridized carbons (Fsp3) is 0.533. The van der Waals surface area contributed by atoms with E-state index >= 15 is 0 Å². The van der Waals surface area contributed by atoms with Gasteiger partial charge in [0.25, 0.3) is 0 Å². The van der Waals surface area contributed by atoms with Crippen LogP contribution in [0.3, 0.4) is 0 Å². The largest absolute Gasteiger partial charge is 0.495 e. The Balaban J connectivity index is 2.00. The van der Waals surface area contributed by atoms with E-state index in [0.29, 0.717) is 23.0 Å². The van der Waals surface area contributed by atoms with Crippen LogP contribution in [0.1, 0.15) is 18.4 Å². The third kappa shape index (κ3) is 4.33. The third-order valence-corrected chi connectivity index (χ3v) is 4.01. The molecule has 0 spiro atoms. The summed E-state index contributed by atoms with van der Waals surface area (Å²) in [6.07, 6.45) is 1.39. The number of hydrogen-bond donors (Lipinski definition) is 2. The molecule has 1 aliphatic heterocycles. The van der Waals surface area contributed by atoms with Gasteiger partial charge in [0.1, 0.15) is 5.75 Å². The summed E-state index contributed by atoms with van der Waals surface area (Å²) in [7, 11) is 1.54. The fourth-order valence-corrected chi connectivity index (χ4v) is 2.65. The number of β-amino-alcohol motifs (C(OH)–C–C–N with tert-alkyl or cyclic N) is 1. The lowest BCUT2D eigenvalue weighted by molar-refractivity contribution is -0.118. The topological polar surface area (TPSA) is 61.8 Å². The molecule has 0 radical (unpaired) electrons. The SMILES string of the molecule is COc1cc(Cl)c(C)cc1NC(=O)CN1CCC[C@@H](O)C1. The summed E-state index contributed by atoms with van der Waals surface area (Å²) in [6.45, 7) is 3.52. The number of likely N-dealkylation sites (tertiary alicyclic amines) is 1. The summed E-state index contributed by atoms with van der Waals surface area (Å²) >= 11 is 6.04. The highest BCUT2D eigenvalue weighted by Gasteiger charge is 2.20. The number of amides is 1. The zero-order chi connectivity index (χ0) is 15.4. The average Bonchev–Trinajstić information content (AvgIpc) is 2.42. The Morgan fingerprint density at radius 3 is 3.00 bits per heavy atom. The van der Waals surface area contributed by atoms with E-state index in [4.69, 9.17) is 16.3 Å². The lowest BCUT2D eigenvalue weighted by Crippen LogP contribution is -2.42. The number of methoxy groups -OCH3 is 1. The number of rotatable bonds is 4. The number of ether oxygens (including phenoxy) is 1. The summed E-state index contributed by atoms with van der Waals surface area (Å²) < 4.78 is 5.24. The first-order valence-corrected chi connectivity index (χ1v) is 7.42. The summed E-state index contributed by atoms with van der Waals surface area (Å²) in [5.74, 6) is 0.418. The number of nitrogens with one attached hydrogen (secondary N) is 1. The number of aliphatic hydroxyl groups excluding tert-OH is 1. The number of aliphatic hydroxyl groups is 1. The Morgan fingerprint density at radius 1 is 1.57 bits per heavy atom. The number of nitrogens with zero attached hydrogens (tertiary/aromatic N) is 1. The maximum absolute atomic E-state index is 12.1. The van der Waals surface area contributed by atoms with E-state index < -0.39 is 0 Å². The zero-order valence-corrected chi connectivity index (χ0v) is 13.1. The molecule has 5 nitrogen and oxygen atoms in total. The molecule has 1 aromatic carbocycles. The van der Waals surface area contributed by atoms with Crippen LogP contribution in [0.15, 0.2) is 12.1 Å². The van der Waals surface area contributed by atoms with Crippen molar-refractivity contribution in [1.29, 1.82) is 0 Å². The van der Waals surface area contributed by atoms with Crippen molar-refractivity contribution in [3.63, 3.8) is 0 Å². The molecule has 2 N–H and O–H groups in total. The Labute approximate surface area is 129 Å². The van der Waals surface area contributed by atoms with Crippen molar-refractivity contribution in [2.75, 3.05) is 32.1 Å². The van der Waals surface area contributed by atoms with Crippen LogP contribution in [-0.2, 0) is 4.79 Å². The number of carbonyl (C=O) groups excluding carboxylic acids is 1. The lowest BCUT2D eigenvalue weighted by atomic mass is 10.1. The van der Waals surface area contributed by atoms with Crippen LogP contribution in [0.2, 0.25) is 5.02 Å². The smallest absolute Gasteiger partial charge is 0.238 e.